The summed E-state index contributed by atoms with van der Waals surface area (Å²) in [5, 5.41) is 12.6. The lowest BCUT2D eigenvalue weighted by molar-refractivity contribution is 0.0772. The predicted octanol–water partition coefficient (Wildman–Crippen LogP) is 3.18. The van der Waals surface area contributed by atoms with Crippen LogP contribution in [0.4, 0.5) is 4.39 Å². The van der Waals surface area contributed by atoms with Crippen molar-refractivity contribution < 1.29 is 14.3 Å². The second kappa shape index (κ2) is 10.2. The van der Waals surface area contributed by atoms with Crippen molar-refractivity contribution in [1.29, 1.82) is 0 Å². The zero-order valence-electron chi connectivity index (χ0n) is 16.9. The monoisotopic (exact) mass is 417 g/mol. The van der Waals surface area contributed by atoms with Gasteiger partial charge in [0.05, 0.1) is 18.0 Å². The Hall–Kier alpha value is -1.96. The van der Waals surface area contributed by atoms with E-state index in [-0.39, 0.29) is 36.8 Å². The van der Waals surface area contributed by atoms with E-state index in [4.69, 9.17) is 0 Å². The predicted molar refractivity (Wildman–Crippen MR) is 115 cm³/mol. The molecule has 1 amide bonds. The summed E-state index contributed by atoms with van der Waals surface area (Å²) in [6.45, 7) is 5.74. The molecule has 1 aliphatic rings. The van der Waals surface area contributed by atoms with Crippen molar-refractivity contribution in [1.82, 2.24) is 15.2 Å². The number of nitrogens with one attached hydrogen (secondary N) is 1. The molecule has 0 saturated carbocycles. The number of carbonyl (C=O) groups excluding carboxylic acids is 1. The molecule has 0 spiro atoms. The van der Waals surface area contributed by atoms with E-state index >= 15 is 0 Å². The molecule has 2 heterocycles. The Morgan fingerprint density at radius 3 is 2.72 bits per heavy atom. The second-order valence-corrected chi connectivity index (χ2v) is 8.75. The zero-order valence-corrected chi connectivity index (χ0v) is 17.7. The molecular formula is C22H28FN3O2S. The minimum absolute atomic E-state index is 0.0157. The highest BCUT2D eigenvalue weighted by Crippen LogP contribution is 2.22. The van der Waals surface area contributed by atoms with E-state index in [9.17, 15) is 14.3 Å². The molecule has 5 nitrogen and oxygen atoms in total. The van der Waals surface area contributed by atoms with Gasteiger partial charge in [0.15, 0.2) is 0 Å². The van der Waals surface area contributed by atoms with Gasteiger partial charge < -0.3 is 15.3 Å². The molecule has 1 saturated heterocycles. The minimum atomic E-state index is -0.389. The molecule has 29 heavy (non-hydrogen) atoms. The summed E-state index contributed by atoms with van der Waals surface area (Å²) in [5.41, 5.74) is 2.33. The first-order valence-corrected chi connectivity index (χ1v) is 11.1. The van der Waals surface area contributed by atoms with Crippen LogP contribution in [0.3, 0.4) is 0 Å². The molecule has 156 valence electrons. The van der Waals surface area contributed by atoms with E-state index in [0.29, 0.717) is 17.0 Å². The number of nitrogens with zero attached hydrogens (tertiary/aromatic N) is 2. The number of carbonyl (C=O) groups is 1. The standard InChI is InChI=1S/C22H28FN3O2S/c1-15(2)21(14-27)24-13-20-18(23)6-7-19(25-20)16-4-3-5-17(12-16)22(28)26-8-10-29-11-9-26/h3-7,12,15,21,24,27H,8-11,13-14H2,1-2H3/t21-/m0/s1. The van der Waals surface area contributed by atoms with Gasteiger partial charge in [-0.2, -0.15) is 11.8 Å². The summed E-state index contributed by atoms with van der Waals surface area (Å²) in [5.74, 6) is 1.79. The summed E-state index contributed by atoms with van der Waals surface area (Å²) in [6.07, 6.45) is 0. The molecule has 3 rings (SSSR count). The summed E-state index contributed by atoms with van der Waals surface area (Å²) >= 11 is 1.86. The van der Waals surface area contributed by atoms with Gasteiger partial charge in [0.25, 0.3) is 5.91 Å². The number of aliphatic hydroxyl groups excluding tert-OH is 1. The number of aliphatic hydroxyl groups is 1. The van der Waals surface area contributed by atoms with Gasteiger partial charge in [-0.3, -0.25) is 4.79 Å². The van der Waals surface area contributed by atoms with Crippen molar-refractivity contribution in [2.24, 2.45) is 5.92 Å². The van der Waals surface area contributed by atoms with E-state index < -0.39 is 0 Å². The Labute approximate surface area is 175 Å². The van der Waals surface area contributed by atoms with Gasteiger partial charge in [-0.15, -0.1) is 0 Å². The number of thioether (sulfide) groups is 1. The third-order valence-electron chi connectivity index (χ3n) is 5.16. The third-order valence-corrected chi connectivity index (χ3v) is 6.10. The topological polar surface area (TPSA) is 65.5 Å². The highest BCUT2D eigenvalue weighted by atomic mass is 32.2. The van der Waals surface area contributed by atoms with Crippen LogP contribution in [0.15, 0.2) is 36.4 Å². The Kier molecular flexibility index (Phi) is 7.64. The first-order valence-electron chi connectivity index (χ1n) is 9.96. The lowest BCUT2D eigenvalue weighted by Gasteiger charge is -2.26. The maximum absolute atomic E-state index is 14.3. The van der Waals surface area contributed by atoms with Gasteiger partial charge in [-0.05, 0) is 30.2 Å². The molecular weight excluding hydrogens is 389 g/mol. The third kappa shape index (κ3) is 5.56. The highest BCUT2D eigenvalue weighted by Gasteiger charge is 2.19. The van der Waals surface area contributed by atoms with Crippen LogP contribution in [0, 0.1) is 11.7 Å². The average Bonchev–Trinajstić information content (AvgIpc) is 2.75. The number of benzene rings is 1. The number of rotatable bonds is 7. The summed E-state index contributed by atoms with van der Waals surface area (Å²) in [4.78, 5) is 19.1. The van der Waals surface area contributed by atoms with E-state index in [1.165, 1.54) is 6.07 Å². The fourth-order valence-electron chi connectivity index (χ4n) is 3.27. The molecule has 1 fully saturated rings. The van der Waals surface area contributed by atoms with Gasteiger partial charge in [-0.25, -0.2) is 9.37 Å². The van der Waals surface area contributed by atoms with E-state index in [0.717, 1.165) is 30.2 Å². The van der Waals surface area contributed by atoms with Crippen molar-refractivity contribution in [3.8, 4) is 11.3 Å². The molecule has 1 aliphatic heterocycles. The van der Waals surface area contributed by atoms with E-state index in [2.05, 4.69) is 10.3 Å². The normalized spacial score (nSPS) is 15.6. The SMILES string of the molecule is CC(C)[C@H](CO)NCc1nc(-c2cccc(C(=O)N3CCSCC3)c2)ccc1F. The van der Waals surface area contributed by atoms with Crippen molar-refractivity contribution in [3.05, 3.63) is 53.5 Å². The van der Waals surface area contributed by atoms with Crippen LogP contribution < -0.4 is 5.32 Å². The maximum atomic E-state index is 14.3. The Morgan fingerprint density at radius 2 is 2.03 bits per heavy atom. The number of amides is 1. The number of hydrogen-bond donors (Lipinski definition) is 2. The molecule has 0 bridgehead atoms. The van der Waals surface area contributed by atoms with Crippen LogP contribution in [-0.4, -0.2) is 58.1 Å². The number of hydrogen-bond acceptors (Lipinski definition) is 5. The Bertz CT molecular complexity index is 841. The van der Waals surface area contributed by atoms with Gasteiger partial charge in [0, 0.05) is 48.3 Å². The van der Waals surface area contributed by atoms with Gasteiger partial charge >= 0.3 is 0 Å². The van der Waals surface area contributed by atoms with Crippen LogP contribution in [0.5, 0.6) is 0 Å². The smallest absolute Gasteiger partial charge is 0.253 e. The van der Waals surface area contributed by atoms with Crippen molar-refractivity contribution in [2.75, 3.05) is 31.2 Å². The van der Waals surface area contributed by atoms with Crippen molar-refractivity contribution >= 4 is 17.7 Å². The highest BCUT2D eigenvalue weighted by molar-refractivity contribution is 7.99. The first-order chi connectivity index (χ1) is 14.0. The molecule has 2 N–H and O–H groups in total. The number of pyridine rings is 1. The van der Waals surface area contributed by atoms with E-state index in [1.54, 1.807) is 6.07 Å². The maximum Gasteiger partial charge on any atom is 0.253 e. The van der Waals surface area contributed by atoms with Gasteiger partial charge in [-0.1, -0.05) is 26.0 Å². The fraction of sp³-hybridized carbons (Fsp3) is 0.455. The molecule has 0 aliphatic carbocycles. The minimum Gasteiger partial charge on any atom is -0.395 e. The molecule has 2 aromatic rings. The summed E-state index contributed by atoms with van der Waals surface area (Å²) in [6, 6.07) is 10.3. The lowest BCUT2D eigenvalue weighted by atomic mass is 10.0. The largest absolute Gasteiger partial charge is 0.395 e. The molecule has 0 unspecified atom stereocenters. The summed E-state index contributed by atoms with van der Waals surface area (Å²) < 4.78 is 14.3. The van der Waals surface area contributed by atoms with Crippen molar-refractivity contribution in [2.45, 2.75) is 26.4 Å². The Balaban J connectivity index is 1.79. The summed E-state index contributed by atoms with van der Waals surface area (Å²) in [7, 11) is 0. The van der Waals surface area contributed by atoms with Crippen LogP contribution in [0.25, 0.3) is 11.3 Å². The molecule has 0 radical (unpaired) electrons. The second-order valence-electron chi connectivity index (χ2n) is 7.52. The quantitative estimate of drug-likeness (QED) is 0.724. The van der Waals surface area contributed by atoms with Crippen LogP contribution >= 0.6 is 11.8 Å². The van der Waals surface area contributed by atoms with Crippen LogP contribution in [0.2, 0.25) is 0 Å². The first kappa shape index (κ1) is 21.7. The lowest BCUT2D eigenvalue weighted by Crippen LogP contribution is -2.37. The Morgan fingerprint density at radius 1 is 1.28 bits per heavy atom. The molecule has 1 aromatic carbocycles. The number of halogens is 1. The molecule has 1 aromatic heterocycles. The molecule has 7 heteroatoms. The average molecular weight is 418 g/mol. The zero-order chi connectivity index (χ0) is 20.8. The van der Waals surface area contributed by atoms with Gasteiger partial charge in [0.1, 0.15) is 5.82 Å². The van der Waals surface area contributed by atoms with Crippen LogP contribution in [0.1, 0.15) is 29.9 Å². The van der Waals surface area contributed by atoms with Gasteiger partial charge in [0.2, 0.25) is 0 Å². The van der Waals surface area contributed by atoms with E-state index in [1.807, 2.05) is 54.8 Å². The fourth-order valence-corrected chi connectivity index (χ4v) is 4.17. The molecule has 1 atom stereocenters. The van der Waals surface area contributed by atoms with Crippen LogP contribution in [-0.2, 0) is 6.54 Å². The van der Waals surface area contributed by atoms with Crippen molar-refractivity contribution in [3.63, 3.8) is 0 Å². The number of aromatic nitrogens is 1.